The number of benzene rings is 2. The minimum atomic E-state index is -4.52. The van der Waals surface area contributed by atoms with Gasteiger partial charge in [-0.15, -0.1) is 0 Å². The van der Waals surface area contributed by atoms with Crippen molar-refractivity contribution in [3.8, 4) is 0 Å². The first-order valence-corrected chi connectivity index (χ1v) is 11.3. The number of anilines is 2. The predicted molar refractivity (Wildman–Crippen MR) is 120 cm³/mol. The Kier molecular flexibility index (Phi) is 7.02. The zero-order valence-electron chi connectivity index (χ0n) is 18.3. The summed E-state index contributed by atoms with van der Waals surface area (Å²) in [5, 5.41) is 2.60. The zero-order valence-corrected chi connectivity index (χ0v) is 18.3. The third-order valence-electron chi connectivity index (χ3n) is 6.20. The number of nitrogens with zero attached hydrogens (tertiary/aromatic N) is 1. The van der Waals surface area contributed by atoms with E-state index in [1.54, 1.807) is 6.07 Å². The highest BCUT2D eigenvalue weighted by Gasteiger charge is 2.32. The number of amides is 1. The number of ketones is 1. The van der Waals surface area contributed by atoms with Gasteiger partial charge < -0.3 is 15.0 Å². The van der Waals surface area contributed by atoms with E-state index in [2.05, 4.69) is 5.32 Å². The van der Waals surface area contributed by atoms with Gasteiger partial charge in [0.05, 0.1) is 30.2 Å². The first-order chi connectivity index (χ1) is 15.8. The van der Waals surface area contributed by atoms with Crippen LogP contribution in [0.5, 0.6) is 0 Å². The fourth-order valence-electron chi connectivity index (χ4n) is 4.38. The number of fused-ring (bicyclic) bond motifs is 1. The molecule has 1 amide bonds. The van der Waals surface area contributed by atoms with Crippen LogP contribution in [0.3, 0.4) is 0 Å². The van der Waals surface area contributed by atoms with Crippen LogP contribution >= 0.6 is 0 Å². The lowest BCUT2D eigenvalue weighted by atomic mass is 9.89. The van der Waals surface area contributed by atoms with E-state index >= 15 is 0 Å². The molecule has 1 N–H and O–H groups in total. The van der Waals surface area contributed by atoms with Crippen molar-refractivity contribution in [2.24, 2.45) is 0 Å². The Balaban J connectivity index is 1.44. The molecule has 1 aliphatic carbocycles. The average molecular weight is 460 g/mol. The molecule has 0 aromatic heterocycles. The molecule has 5 nitrogen and oxygen atoms in total. The maximum absolute atomic E-state index is 13.2. The molecule has 0 spiro atoms. The highest BCUT2D eigenvalue weighted by molar-refractivity contribution is 6.01. The summed E-state index contributed by atoms with van der Waals surface area (Å²) in [6, 6.07) is 9.04. The van der Waals surface area contributed by atoms with Gasteiger partial charge >= 0.3 is 6.18 Å². The second-order valence-corrected chi connectivity index (χ2v) is 8.49. The Morgan fingerprint density at radius 3 is 2.39 bits per heavy atom. The molecule has 1 heterocycles. The molecule has 4 rings (SSSR count). The largest absolute Gasteiger partial charge is 0.416 e. The van der Waals surface area contributed by atoms with Crippen LogP contribution in [0.25, 0.3) is 0 Å². The van der Waals surface area contributed by atoms with Crippen molar-refractivity contribution in [1.29, 1.82) is 0 Å². The van der Waals surface area contributed by atoms with E-state index < -0.39 is 17.6 Å². The van der Waals surface area contributed by atoms with Crippen molar-refractivity contribution in [2.45, 2.75) is 44.7 Å². The van der Waals surface area contributed by atoms with Gasteiger partial charge in [-0.05, 0) is 61.1 Å². The van der Waals surface area contributed by atoms with Crippen molar-refractivity contribution >= 4 is 23.1 Å². The average Bonchev–Trinajstić information content (AvgIpc) is 2.82. The molecule has 33 heavy (non-hydrogen) atoms. The maximum Gasteiger partial charge on any atom is 0.416 e. The Bertz CT molecular complexity index is 1030. The Labute approximate surface area is 190 Å². The number of ether oxygens (including phenoxy) is 1. The van der Waals surface area contributed by atoms with E-state index in [0.717, 1.165) is 37.8 Å². The molecule has 2 aromatic rings. The van der Waals surface area contributed by atoms with Crippen molar-refractivity contribution in [1.82, 2.24) is 0 Å². The number of rotatable bonds is 6. The summed E-state index contributed by atoms with van der Waals surface area (Å²) < 4.78 is 45.1. The normalized spacial score (nSPS) is 16.3. The SMILES string of the molecule is O=C(CCC(=O)c1ccc2c(c1)CCCC2)Nc1cc(C(F)(F)F)ccc1N1CCOCC1. The molecule has 0 atom stereocenters. The molecule has 8 heteroatoms. The summed E-state index contributed by atoms with van der Waals surface area (Å²) in [4.78, 5) is 27.1. The highest BCUT2D eigenvalue weighted by Crippen LogP contribution is 2.36. The molecule has 1 fully saturated rings. The lowest BCUT2D eigenvalue weighted by Gasteiger charge is -2.31. The van der Waals surface area contributed by atoms with Gasteiger partial charge in [-0.1, -0.05) is 12.1 Å². The van der Waals surface area contributed by atoms with Gasteiger partial charge in [0.25, 0.3) is 0 Å². The van der Waals surface area contributed by atoms with Gasteiger partial charge in [-0.25, -0.2) is 0 Å². The Morgan fingerprint density at radius 2 is 1.67 bits per heavy atom. The highest BCUT2D eigenvalue weighted by atomic mass is 19.4. The molecular weight excluding hydrogens is 433 g/mol. The molecule has 0 radical (unpaired) electrons. The van der Waals surface area contributed by atoms with Crippen LogP contribution in [-0.2, 0) is 28.5 Å². The lowest BCUT2D eigenvalue weighted by Crippen LogP contribution is -2.36. The van der Waals surface area contributed by atoms with E-state index in [1.807, 2.05) is 17.0 Å². The number of carbonyl (C=O) groups excluding carboxylic acids is 2. The molecule has 176 valence electrons. The summed E-state index contributed by atoms with van der Waals surface area (Å²) in [6.45, 7) is 1.96. The monoisotopic (exact) mass is 460 g/mol. The Hall–Kier alpha value is -2.87. The molecule has 0 unspecified atom stereocenters. The van der Waals surface area contributed by atoms with Crippen LogP contribution in [0.2, 0.25) is 0 Å². The number of morpholine rings is 1. The molecule has 0 bridgehead atoms. The van der Waals surface area contributed by atoms with Gasteiger partial charge in [0.2, 0.25) is 5.91 Å². The fraction of sp³-hybridized carbons (Fsp3) is 0.440. The van der Waals surface area contributed by atoms with E-state index in [1.165, 1.54) is 17.2 Å². The summed E-state index contributed by atoms with van der Waals surface area (Å²) in [5.41, 5.74) is 2.82. The third-order valence-corrected chi connectivity index (χ3v) is 6.20. The first-order valence-electron chi connectivity index (χ1n) is 11.3. The summed E-state index contributed by atoms with van der Waals surface area (Å²) in [6.07, 6.45) is -0.389. The molecular formula is C25H27F3N2O3. The van der Waals surface area contributed by atoms with Crippen LogP contribution in [0.1, 0.15) is 52.7 Å². The number of nitrogens with one attached hydrogen (secondary N) is 1. The fourth-order valence-corrected chi connectivity index (χ4v) is 4.38. The smallest absolute Gasteiger partial charge is 0.378 e. The summed E-state index contributed by atoms with van der Waals surface area (Å²) >= 11 is 0. The zero-order chi connectivity index (χ0) is 23.4. The van der Waals surface area contributed by atoms with E-state index in [-0.39, 0.29) is 24.3 Å². The van der Waals surface area contributed by atoms with Gasteiger partial charge in [0, 0.05) is 31.5 Å². The van der Waals surface area contributed by atoms with E-state index in [4.69, 9.17) is 4.74 Å². The summed E-state index contributed by atoms with van der Waals surface area (Å²) in [7, 11) is 0. The Morgan fingerprint density at radius 1 is 0.939 bits per heavy atom. The van der Waals surface area contributed by atoms with Gasteiger partial charge in [0.1, 0.15) is 0 Å². The number of carbonyl (C=O) groups is 2. The van der Waals surface area contributed by atoms with Gasteiger partial charge in [0.15, 0.2) is 5.78 Å². The third kappa shape index (κ3) is 5.74. The molecule has 0 saturated carbocycles. The van der Waals surface area contributed by atoms with Crippen LogP contribution in [0.15, 0.2) is 36.4 Å². The summed E-state index contributed by atoms with van der Waals surface area (Å²) in [5.74, 6) is -0.633. The van der Waals surface area contributed by atoms with Crippen molar-refractivity contribution in [3.63, 3.8) is 0 Å². The minimum Gasteiger partial charge on any atom is -0.378 e. The van der Waals surface area contributed by atoms with Crippen LogP contribution in [0.4, 0.5) is 24.5 Å². The predicted octanol–water partition coefficient (Wildman–Crippen LogP) is 5.02. The standard InChI is InChI=1S/C25H27F3N2O3/c26-25(27,28)20-7-8-22(30-11-13-33-14-12-30)21(16-20)29-24(32)10-9-23(31)19-6-5-17-3-1-2-4-18(17)15-19/h5-8,15-16H,1-4,9-14H2,(H,29,32). The topological polar surface area (TPSA) is 58.6 Å². The van der Waals surface area contributed by atoms with E-state index in [9.17, 15) is 22.8 Å². The minimum absolute atomic E-state index is 0.00350. The van der Waals surface area contributed by atoms with Crippen molar-refractivity contribution in [2.75, 3.05) is 36.5 Å². The van der Waals surface area contributed by atoms with Gasteiger partial charge in [-0.2, -0.15) is 13.2 Å². The van der Waals surface area contributed by atoms with Crippen LogP contribution in [-0.4, -0.2) is 38.0 Å². The number of alkyl halides is 3. The van der Waals surface area contributed by atoms with Crippen molar-refractivity contribution in [3.05, 3.63) is 58.7 Å². The molecule has 1 aliphatic heterocycles. The van der Waals surface area contributed by atoms with Gasteiger partial charge in [-0.3, -0.25) is 9.59 Å². The quantitative estimate of drug-likeness (QED) is 0.615. The first kappa shape index (κ1) is 23.3. The van der Waals surface area contributed by atoms with Crippen molar-refractivity contribution < 1.29 is 27.5 Å². The second kappa shape index (κ2) is 9.95. The number of aryl methyl sites for hydroxylation is 2. The molecule has 1 saturated heterocycles. The molecule has 2 aromatic carbocycles. The lowest BCUT2D eigenvalue weighted by molar-refractivity contribution is -0.137. The number of hydrogen-bond donors (Lipinski definition) is 1. The second-order valence-electron chi connectivity index (χ2n) is 8.49. The maximum atomic E-state index is 13.2. The number of hydrogen-bond acceptors (Lipinski definition) is 4. The van der Waals surface area contributed by atoms with E-state index in [0.29, 0.717) is 37.6 Å². The number of Topliss-reactive ketones (excluding diaryl/α,β-unsaturated/α-hetero) is 1. The van der Waals surface area contributed by atoms with Crippen LogP contribution < -0.4 is 10.2 Å². The molecule has 2 aliphatic rings. The van der Waals surface area contributed by atoms with Crippen LogP contribution in [0, 0.1) is 0 Å². The number of halogens is 3.